The molecule has 0 unspecified atom stereocenters. The van der Waals surface area contributed by atoms with Gasteiger partial charge in [-0.15, -0.1) is 0 Å². The normalized spacial score (nSPS) is 25.1. The summed E-state index contributed by atoms with van der Waals surface area (Å²) in [5.74, 6) is 0.263. The van der Waals surface area contributed by atoms with Crippen LogP contribution in [0.25, 0.3) is 0 Å². The molecule has 2 fully saturated rings. The lowest BCUT2D eigenvalue weighted by Crippen LogP contribution is -2.61. The number of hydrogen-bond donors (Lipinski definition) is 0. The van der Waals surface area contributed by atoms with E-state index in [1.165, 1.54) is 5.56 Å². The molecule has 0 amide bonds. The SMILES string of the molecule is C[C@H]1COC[C@H]2CN(CCCC(=O)c3ccc(C(C)(C)C)cc3)CCN21. The number of hydrogen-bond acceptors (Lipinski definition) is 4. The van der Waals surface area contributed by atoms with E-state index in [9.17, 15) is 4.79 Å². The molecule has 144 valence electrons. The van der Waals surface area contributed by atoms with Crippen molar-refractivity contribution in [2.45, 2.75) is 58.0 Å². The number of rotatable bonds is 5. The van der Waals surface area contributed by atoms with Gasteiger partial charge in [-0.05, 0) is 30.9 Å². The average Bonchev–Trinajstić information content (AvgIpc) is 2.61. The number of ether oxygens (including phenoxy) is 1. The van der Waals surface area contributed by atoms with Gasteiger partial charge >= 0.3 is 0 Å². The van der Waals surface area contributed by atoms with E-state index in [4.69, 9.17) is 4.74 Å². The van der Waals surface area contributed by atoms with Crippen LogP contribution in [0.15, 0.2) is 24.3 Å². The average molecular weight is 359 g/mol. The largest absolute Gasteiger partial charge is 0.378 e. The van der Waals surface area contributed by atoms with Gasteiger partial charge in [-0.3, -0.25) is 9.69 Å². The van der Waals surface area contributed by atoms with Crippen LogP contribution >= 0.6 is 0 Å². The number of Topliss-reactive ketones (excluding diaryl/α,β-unsaturated/α-hetero) is 1. The van der Waals surface area contributed by atoms with Crippen molar-refractivity contribution in [3.05, 3.63) is 35.4 Å². The van der Waals surface area contributed by atoms with Crippen molar-refractivity contribution in [1.29, 1.82) is 0 Å². The van der Waals surface area contributed by atoms with Crippen molar-refractivity contribution in [2.75, 3.05) is 39.4 Å². The van der Waals surface area contributed by atoms with Gasteiger partial charge < -0.3 is 9.64 Å². The minimum Gasteiger partial charge on any atom is -0.378 e. The van der Waals surface area contributed by atoms with E-state index >= 15 is 0 Å². The van der Waals surface area contributed by atoms with Gasteiger partial charge in [0, 0.05) is 43.7 Å². The molecule has 0 aromatic heterocycles. The highest BCUT2D eigenvalue weighted by Crippen LogP contribution is 2.23. The topological polar surface area (TPSA) is 32.8 Å². The molecule has 2 aliphatic heterocycles. The molecule has 26 heavy (non-hydrogen) atoms. The number of morpholine rings is 1. The van der Waals surface area contributed by atoms with Crippen LogP contribution in [0, 0.1) is 0 Å². The second kappa shape index (κ2) is 8.20. The highest BCUT2D eigenvalue weighted by Gasteiger charge is 2.33. The first kappa shape index (κ1) is 19.5. The molecule has 2 aliphatic rings. The number of piperazine rings is 1. The zero-order valence-corrected chi connectivity index (χ0v) is 16.8. The summed E-state index contributed by atoms with van der Waals surface area (Å²) in [5, 5.41) is 0. The lowest BCUT2D eigenvalue weighted by Gasteiger charge is -2.47. The molecule has 2 atom stereocenters. The summed E-state index contributed by atoms with van der Waals surface area (Å²) in [5.41, 5.74) is 2.25. The van der Waals surface area contributed by atoms with Crippen LogP contribution in [0.2, 0.25) is 0 Å². The van der Waals surface area contributed by atoms with E-state index in [1.54, 1.807) is 0 Å². The van der Waals surface area contributed by atoms with Gasteiger partial charge in [0.25, 0.3) is 0 Å². The third kappa shape index (κ3) is 4.73. The van der Waals surface area contributed by atoms with E-state index < -0.39 is 0 Å². The standard InChI is InChI=1S/C22H34N2O2/c1-17-15-26-16-20-14-23(12-13-24(17)20)11-5-6-21(25)18-7-9-19(10-8-18)22(2,3)4/h7-10,17,20H,5-6,11-16H2,1-4H3/t17-,20+/m0/s1. The Labute approximate surface area is 158 Å². The van der Waals surface area contributed by atoms with Crippen molar-refractivity contribution in [2.24, 2.45) is 0 Å². The molecule has 0 bridgehead atoms. The Morgan fingerprint density at radius 2 is 1.88 bits per heavy atom. The molecule has 2 saturated heterocycles. The molecule has 0 aliphatic carbocycles. The van der Waals surface area contributed by atoms with Gasteiger partial charge in [-0.25, -0.2) is 0 Å². The minimum atomic E-state index is 0.129. The Balaban J connectivity index is 1.44. The highest BCUT2D eigenvalue weighted by molar-refractivity contribution is 5.96. The molecule has 1 aromatic rings. The van der Waals surface area contributed by atoms with Crippen LogP contribution in [0.5, 0.6) is 0 Å². The third-order valence-electron chi connectivity index (χ3n) is 5.80. The number of nitrogens with zero attached hydrogens (tertiary/aromatic N) is 2. The van der Waals surface area contributed by atoms with Crippen molar-refractivity contribution >= 4 is 5.78 Å². The van der Waals surface area contributed by atoms with Crippen molar-refractivity contribution in [1.82, 2.24) is 9.80 Å². The molecular formula is C22H34N2O2. The third-order valence-corrected chi connectivity index (χ3v) is 5.80. The monoisotopic (exact) mass is 358 g/mol. The van der Waals surface area contributed by atoms with Gasteiger partial charge in [0.2, 0.25) is 0 Å². The van der Waals surface area contributed by atoms with E-state index in [0.717, 1.165) is 51.4 Å². The van der Waals surface area contributed by atoms with Gasteiger partial charge in [0.05, 0.1) is 13.2 Å². The van der Waals surface area contributed by atoms with Gasteiger partial charge in [-0.2, -0.15) is 0 Å². The number of carbonyl (C=O) groups excluding carboxylic acids is 1. The van der Waals surface area contributed by atoms with Gasteiger partial charge in [0.1, 0.15) is 0 Å². The molecule has 3 rings (SSSR count). The van der Waals surface area contributed by atoms with Crippen LogP contribution in [0.3, 0.4) is 0 Å². The highest BCUT2D eigenvalue weighted by atomic mass is 16.5. The quantitative estimate of drug-likeness (QED) is 0.756. The molecule has 2 heterocycles. The van der Waals surface area contributed by atoms with E-state index in [0.29, 0.717) is 18.5 Å². The molecular weight excluding hydrogens is 324 g/mol. The number of benzene rings is 1. The zero-order valence-electron chi connectivity index (χ0n) is 16.8. The molecule has 1 aromatic carbocycles. The first-order valence-corrected chi connectivity index (χ1v) is 10.0. The fourth-order valence-corrected chi connectivity index (χ4v) is 4.10. The van der Waals surface area contributed by atoms with Crippen LogP contribution in [0.4, 0.5) is 0 Å². The summed E-state index contributed by atoms with van der Waals surface area (Å²) in [7, 11) is 0. The van der Waals surface area contributed by atoms with Crippen molar-refractivity contribution < 1.29 is 9.53 Å². The predicted octanol–water partition coefficient (Wildman–Crippen LogP) is 3.35. The predicted molar refractivity (Wildman–Crippen MR) is 106 cm³/mol. The summed E-state index contributed by atoms with van der Waals surface area (Å²) >= 11 is 0. The second-order valence-corrected chi connectivity index (χ2v) is 8.93. The first-order chi connectivity index (χ1) is 12.3. The second-order valence-electron chi connectivity index (χ2n) is 8.93. The van der Waals surface area contributed by atoms with Crippen molar-refractivity contribution in [3.63, 3.8) is 0 Å². The summed E-state index contributed by atoms with van der Waals surface area (Å²) in [6.45, 7) is 14.9. The summed E-state index contributed by atoms with van der Waals surface area (Å²) in [6, 6.07) is 9.22. The Bertz CT molecular complexity index is 606. The van der Waals surface area contributed by atoms with E-state index in [-0.39, 0.29) is 11.2 Å². The number of ketones is 1. The number of fused-ring (bicyclic) bond motifs is 1. The summed E-state index contributed by atoms with van der Waals surface area (Å²) in [4.78, 5) is 17.6. The maximum absolute atomic E-state index is 12.5. The number of carbonyl (C=O) groups is 1. The zero-order chi connectivity index (χ0) is 18.7. The molecule has 4 nitrogen and oxygen atoms in total. The maximum atomic E-state index is 12.5. The van der Waals surface area contributed by atoms with Crippen LogP contribution < -0.4 is 0 Å². The Morgan fingerprint density at radius 1 is 1.15 bits per heavy atom. The molecule has 0 saturated carbocycles. The fraction of sp³-hybridized carbons (Fsp3) is 0.682. The summed E-state index contributed by atoms with van der Waals surface area (Å²) < 4.78 is 5.71. The Morgan fingerprint density at radius 3 is 2.58 bits per heavy atom. The molecule has 0 spiro atoms. The maximum Gasteiger partial charge on any atom is 0.162 e. The lowest BCUT2D eigenvalue weighted by molar-refractivity contribution is -0.0752. The van der Waals surface area contributed by atoms with Gasteiger partial charge in [-0.1, -0.05) is 45.0 Å². The molecule has 4 heteroatoms. The van der Waals surface area contributed by atoms with E-state index in [2.05, 4.69) is 49.6 Å². The Hall–Kier alpha value is -1.23. The van der Waals surface area contributed by atoms with Crippen LogP contribution in [-0.4, -0.2) is 67.1 Å². The fourth-order valence-electron chi connectivity index (χ4n) is 4.10. The molecule has 0 radical (unpaired) electrons. The minimum absolute atomic E-state index is 0.129. The smallest absolute Gasteiger partial charge is 0.162 e. The van der Waals surface area contributed by atoms with E-state index in [1.807, 2.05) is 12.1 Å². The summed E-state index contributed by atoms with van der Waals surface area (Å²) in [6.07, 6.45) is 1.57. The van der Waals surface area contributed by atoms with Gasteiger partial charge in [0.15, 0.2) is 5.78 Å². The van der Waals surface area contributed by atoms with Crippen LogP contribution in [-0.2, 0) is 10.2 Å². The first-order valence-electron chi connectivity index (χ1n) is 10.0. The van der Waals surface area contributed by atoms with Crippen LogP contribution in [0.1, 0.15) is 56.5 Å². The van der Waals surface area contributed by atoms with Crippen molar-refractivity contribution in [3.8, 4) is 0 Å². The lowest BCUT2D eigenvalue weighted by atomic mass is 9.86. The molecule has 0 N–H and O–H groups in total. The Kier molecular flexibility index (Phi) is 6.16.